The summed E-state index contributed by atoms with van der Waals surface area (Å²) in [6.07, 6.45) is 3.51. The van der Waals surface area contributed by atoms with Crippen LogP contribution in [0.3, 0.4) is 0 Å². The second kappa shape index (κ2) is 7.51. The molecule has 0 saturated heterocycles. The molecule has 0 aliphatic rings. The summed E-state index contributed by atoms with van der Waals surface area (Å²) in [5, 5.41) is 25.3. The molecular weight excluding hydrogens is 396 g/mol. The number of rotatable bonds is 6. The Morgan fingerprint density at radius 2 is 2.10 bits per heavy atom. The Kier molecular flexibility index (Phi) is 4.89. The summed E-state index contributed by atoms with van der Waals surface area (Å²) in [7, 11) is 1.62. The second-order valence-corrected chi connectivity index (χ2v) is 6.86. The molecule has 148 valence electrons. The lowest BCUT2D eigenvalue weighted by Crippen LogP contribution is -2.16. The Morgan fingerprint density at radius 3 is 2.72 bits per heavy atom. The highest BCUT2D eigenvalue weighted by Gasteiger charge is 2.25. The lowest BCUT2D eigenvalue weighted by molar-refractivity contribution is 0.0697. The van der Waals surface area contributed by atoms with Crippen molar-refractivity contribution >= 4 is 28.6 Å². The minimum atomic E-state index is -1.14. The summed E-state index contributed by atoms with van der Waals surface area (Å²) in [5.41, 5.74) is 2.72. The number of carbonyl (C=O) groups is 1. The van der Waals surface area contributed by atoms with E-state index in [2.05, 4.69) is 25.5 Å². The van der Waals surface area contributed by atoms with Crippen LogP contribution in [0.5, 0.6) is 5.75 Å². The normalized spacial score (nSPS) is 12.2. The van der Waals surface area contributed by atoms with Gasteiger partial charge in [0, 0.05) is 18.8 Å². The number of aromatic nitrogens is 6. The third-order valence-electron chi connectivity index (χ3n) is 4.72. The monoisotopic (exact) mass is 412 g/mol. The fourth-order valence-electron chi connectivity index (χ4n) is 3.27. The zero-order valence-electron chi connectivity index (χ0n) is 15.6. The third kappa shape index (κ3) is 3.40. The fourth-order valence-corrected chi connectivity index (χ4v) is 3.62. The lowest BCUT2D eigenvalue weighted by Gasteiger charge is -2.16. The minimum absolute atomic E-state index is 0.0602. The topological polar surface area (TPSA) is 119 Å². The van der Waals surface area contributed by atoms with E-state index in [4.69, 9.17) is 16.3 Å². The molecule has 2 N–H and O–H groups in total. The highest BCUT2D eigenvalue weighted by atomic mass is 35.5. The van der Waals surface area contributed by atoms with Crippen LogP contribution in [0.15, 0.2) is 36.7 Å². The van der Waals surface area contributed by atoms with Crippen LogP contribution in [-0.4, -0.2) is 48.4 Å². The van der Waals surface area contributed by atoms with Gasteiger partial charge in [-0.1, -0.05) is 28.9 Å². The molecule has 3 heterocycles. The molecule has 9 nitrogen and oxygen atoms in total. The highest BCUT2D eigenvalue weighted by Crippen LogP contribution is 2.32. The Bertz CT molecular complexity index is 1170. The molecule has 0 amide bonds. The fraction of sp³-hybridized carbons (Fsp3) is 0.211. The predicted molar refractivity (Wildman–Crippen MR) is 105 cm³/mol. The van der Waals surface area contributed by atoms with Crippen molar-refractivity contribution in [3.63, 3.8) is 0 Å². The number of carboxylic acid groups (broad SMARTS) is 1. The quantitative estimate of drug-likeness (QED) is 0.499. The van der Waals surface area contributed by atoms with Crippen LogP contribution >= 0.6 is 11.6 Å². The number of methoxy groups -OCH3 is 1. The van der Waals surface area contributed by atoms with Crippen molar-refractivity contribution < 1.29 is 14.6 Å². The molecule has 0 saturated carbocycles. The molecule has 1 atom stereocenters. The number of aromatic amines is 1. The first-order chi connectivity index (χ1) is 14.0. The maximum absolute atomic E-state index is 11.4. The lowest BCUT2D eigenvalue weighted by atomic mass is 10.0. The number of benzene rings is 1. The summed E-state index contributed by atoms with van der Waals surface area (Å²) < 4.78 is 6.93. The number of carboxylic acids is 1. The number of hydrogen-bond acceptors (Lipinski definition) is 6. The van der Waals surface area contributed by atoms with E-state index in [-0.39, 0.29) is 16.6 Å². The van der Waals surface area contributed by atoms with Crippen LogP contribution in [0.1, 0.15) is 33.4 Å². The number of aromatic carboxylic acids is 1. The van der Waals surface area contributed by atoms with Crippen molar-refractivity contribution in [1.29, 1.82) is 0 Å². The molecule has 0 aliphatic carbocycles. The van der Waals surface area contributed by atoms with E-state index in [0.29, 0.717) is 28.8 Å². The Morgan fingerprint density at radius 1 is 1.34 bits per heavy atom. The number of nitrogens with one attached hydrogen (secondary N) is 1. The predicted octanol–water partition coefficient (Wildman–Crippen LogP) is 3.05. The molecule has 0 bridgehead atoms. The molecule has 0 aliphatic heterocycles. The van der Waals surface area contributed by atoms with Crippen molar-refractivity contribution in [2.45, 2.75) is 19.4 Å². The summed E-state index contributed by atoms with van der Waals surface area (Å²) >= 11 is 6.36. The van der Waals surface area contributed by atoms with Gasteiger partial charge in [0.2, 0.25) is 0 Å². The maximum Gasteiger partial charge on any atom is 0.338 e. The molecule has 4 aromatic rings. The van der Waals surface area contributed by atoms with Crippen LogP contribution in [0.4, 0.5) is 0 Å². The smallest absolute Gasteiger partial charge is 0.338 e. The van der Waals surface area contributed by atoms with Gasteiger partial charge in [-0.25, -0.2) is 14.5 Å². The van der Waals surface area contributed by atoms with Gasteiger partial charge in [0.25, 0.3) is 0 Å². The SMILES string of the molecule is COc1ccc(CC(c2c[nH]nn2)n2nc(C)c3c(Cl)c(C(=O)O)cnc32)cc1. The van der Waals surface area contributed by atoms with Crippen LogP contribution in [0.25, 0.3) is 11.0 Å². The van der Waals surface area contributed by atoms with Crippen molar-refractivity contribution in [3.8, 4) is 5.75 Å². The molecule has 3 aromatic heterocycles. The molecule has 0 spiro atoms. The number of H-pyrrole nitrogens is 1. The molecule has 1 aromatic carbocycles. The summed E-state index contributed by atoms with van der Waals surface area (Å²) in [6.45, 7) is 1.77. The molecule has 1 unspecified atom stereocenters. The molecular formula is C19H17ClN6O3. The third-order valence-corrected chi connectivity index (χ3v) is 5.12. The van der Waals surface area contributed by atoms with Crippen molar-refractivity contribution in [2.24, 2.45) is 0 Å². The van der Waals surface area contributed by atoms with Crippen molar-refractivity contribution in [1.82, 2.24) is 30.2 Å². The largest absolute Gasteiger partial charge is 0.497 e. The van der Waals surface area contributed by atoms with Gasteiger partial charge < -0.3 is 9.84 Å². The number of ether oxygens (including phenoxy) is 1. The zero-order valence-corrected chi connectivity index (χ0v) is 16.4. The van der Waals surface area contributed by atoms with Crippen LogP contribution in [0, 0.1) is 6.92 Å². The van der Waals surface area contributed by atoms with E-state index >= 15 is 0 Å². The Balaban J connectivity index is 1.84. The molecule has 0 fully saturated rings. The average Bonchev–Trinajstić information content (AvgIpc) is 3.35. The van der Waals surface area contributed by atoms with Crippen molar-refractivity contribution in [2.75, 3.05) is 7.11 Å². The number of hydrogen-bond donors (Lipinski definition) is 2. The first kappa shape index (κ1) is 18.9. The van der Waals surface area contributed by atoms with Crippen LogP contribution in [-0.2, 0) is 6.42 Å². The molecule has 0 radical (unpaired) electrons. The van der Waals surface area contributed by atoms with Gasteiger partial charge in [-0.15, -0.1) is 5.10 Å². The van der Waals surface area contributed by atoms with Gasteiger partial charge in [0.1, 0.15) is 17.5 Å². The molecule has 29 heavy (non-hydrogen) atoms. The van der Waals surface area contributed by atoms with Gasteiger partial charge in [-0.2, -0.15) is 5.10 Å². The van der Waals surface area contributed by atoms with Crippen LogP contribution < -0.4 is 4.74 Å². The highest BCUT2D eigenvalue weighted by molar-refractivity contribution is 6.38. The number of nitrogens with zero attached hydrogens (tertiary/aromatic N) is 5. The van der Waals surface area contributed by atoms with Gasteiger partial charge in [-0.3, -0.25) is 5.10 Å². The maximum atomic E-state index is 11.4. The zero-order chi connectivity index (χ0) is 20.5. The number of aryl methyl sites for hydroxylation is 1. The number of pyridine rings is 1. The minimum Gasteiger partial charge on any atom is -0.497 e. The average molecular weight is 413 g/mol. The van der Waals surface area contributed by atoms with Crippen molar-refractivity contribution in [3.05, 3.63) is 64.2 Å². The van der Waals surface area contributed by atoms with E-state index in [1.807, 2.05) is 24.3 Å². The number of halogens is 1. The van der Waals surface area contributed by atoms with Gasteiger partial charge in [0.15, 0.2) is 5.65 Å². The molecule has 10 heteroatoms. The van der Waals surface area contributed by atoms with E-state index in [1.54, 1.807) is 24.9 Å². The van der Waals surface area contributed by atoms with E-state index < -0.39 is 5.97 Å². The van der Waals surface area contributed by atoms with Gasteiger partial charge in [0.05, 0.1) is 28.8 Å². The summed E-state index contributed by atoms with van der Waals surface area (Å²) in [4.78, 5) is 15.8. The summed E-state index contributed by atoms with van der Waals surface area (Å²) in [5.74, 6) is -0.371. The Hall–Kier alpha value is -3.46. The molecule has 4 rings (SSSR count). The Labute approximate surface area is 170 Å². The summed E-state index contributed by atoms with van der Waals surface area (Å²) in [6, 6.07) is 7.38. The standard InChI is InChI=1S/C19H17ClN6O3/c1-10-16-17(20)13(19(27)28)8-21-18(16)26(24-10)15(14-9-22-25-23-14)7-11-3-5-12(29-2)6-4-11/h3-6,8-9,15H,7H2,1-2H3,(H,27,28)(H,22,23,25). The van der Waals surface area contributed by atoms with Crippen LogP contribution in [0.2, 0.25) is 5.02 Å². The first-order valence-electron chi connectivity index (χ1n) is 8.75. The first-order valence-corrected chi connectivity index (χ1v) is 9.13. The van der Waals surface area contributed by atoms with E-state index in [1.165, 1.54) is 6.20 Å². The number of fused-ring (bicyclic) bond motifs is 1. The second-order valence-electron chi connectivity index (χ2n) is 6.49. The van der Waals surface area contributed by atoms with Gasteiger partial charge >= 0.3 is 5.97 Å². The van der Waals surface area contributed by atoms with E-state index in [0.717, 1.165) is 11.3 Å². The van der Waals surface area contributed by atoms with E-state index in [9.17, 15) is 9.90 Å². The van der Waals surface area contributed by atoms with Gasteiger partial charge in [-0.05, 0) is 24.6 Å².